The van der Waals surface area contributed by atoms with Gasteiger partial charge in [0.15, 0.2) is 0 Å². The van der Waals surface area contributed by atoms with Gasteiger partial charge in [0.1, 0.15) is 34.9 Å². The van der Waals surface area contributed by atoms with E-state index in [0.29, 0.717) is 36.2 Å². The lowest BCUT2D eigenvalue weighted by Crippen LogP contribution is -2.49. The maximum absolute atomic E-state index is 13.0. The zero-order chi connectivity index (χ0) is 22.1. The lowest BCUT2D eigenvalue weighted by molar-refractivity contribution is -0.131. The summed E-state index contributed by atoms with van der Waals surface area (Å²) in [5.41, 5.74) is 1.54. The number of halogens is 1. The molecule has 0 spiro atoms. The molecule has 5 rings (SSSR count). The number of rotatable bonds is 6. The van der Waals surface area contributed by atoms with E-state index in [9.17, 15) is 9.18 Å². The van der Waals surface area contributed by atoms with Crippen LogP contribution in [0.1, 0.15) is 6.04 Å². The number of aromatic nitrogens is 3. The van der Waals surface area contributed by atoms with E-state index < -0.39 is 0 Å². The van der Waals surface area contributed by atoms with Crippen LogP contribution in [0.3, 0.4) is 0 Å². The topological polar surface area (TPSA) is 69.5 Å². The van der Waals surface area contributed by atoms with E-state index in [4.69, 9.17) is 9.47 Å². The Morgan fingerprint density at radius 1 is 0.969 bits per heavy atom. The third kappa shape index (κ3) is 3.78. The fourth-order valence-corrected chi connectivity index (χ4v) is 3.61. The van der Waals surface area contributed by atoms with Crippen LogP contribution in [0.2, 0.25) is 0 Å². The standard InChI is InChI=1S/C24H19FN4O3/c1-2-22(30)28-13-17(14-28)29-12-11-21-23(29)24(27-15-26-21)32-20-9-7-19(8-10-20)31-18-5-3-16(25)4-6-18/h2-12,15,17H,1,13-14H2. The summed E-state index contributed by atoms with van der Waals surface area (Å²) in [5.74, 6) is 1.76. The van der Waals surface area contributed by atoms with Crippen molar-refractivity contribution in [2.24, 2.45) is 0 Å². The van der Waals surface area contributed by atoms with Gasteiger partial charge in [-0.05, 0) is 60.7 Å². The molecule has 3 heterocycles. The molecule has 1 fully saturated rings. The number of hydrogen-bond donors (Lipinski definition) is 0. The first-order valence-electron chi connectivity index (χ1n) is 10.0. The Labute approximate surface area is 183 Å². The second-order valence-electron chi connectivity index (χ2n) is 7.37. The summed E-state index contributed by atoms with van der Waals surface area (Å²) in [4.78, 5) is 22.1. The molecule has 32 heavy (non-hydrogen) atoms. The Bertz CT molecular complexity index is 1280. The molecule has 1 aliphatic rings. The van der Waals surface area contributed by atoms with Gasteiger partial charge in [-0.25, -0.2) is 9.37 Å². The Morgan fingerprint density at radius 2 is 1.59 bits per heavy atom. The third-order valence-corrected chi connectivity index (χ3v) is 5.30. The number of fused-ring (bicyclic) bond motifs is 1. The van der Waals surface area contributed by atoms with Gasteiger partial charge in [-0.3, -0.25) is 4.79 Å². The number of amides is 1. The third-order valence-electron chi connectivity index (χ3n) is 5.30. The fraction of sp³-hybridized carbons (Fsp3) is 0.125. The molecule has 2 aromatic heterocycles. The van der Waals surface area contributed by atoms with E-state index in [-0.39, 0.29) is 17.8 Å². The molecule has 0 unspecified atom stereocenters. The number of hydrogen-bond acceptors (Lipinski definition) is 5. The summed E-state index contributed by atoms with van der Waals surface area (Å²) in [6.45, 7) is 4.72. The molecule has 2 aromatic carbocycles. The second-order valence-corrected chi connectivity index (χ2v) is 7.37. The van der Waals surface area contributed by atoms with Crippen molar-refractivity contribution in [3.05, 3.63) is 85.6 Å². The van der Waals surface area contributed by atoms with Crippen molar-refractivity contribution in [2.45, 2.75) is 6.04 Å². The number of nitrogens with zero attached hydrogens (tertiary/aromatic N) is 4. The molecule has 0 bridgehead atoms. The molecule has 4 aromatic rings. The molecule has 0 aliphatic carbocycles. The van der Waals surface area contributed by atoms with Crippen LogP contribution in [0.15, 0.2) is 79.8 Å². The Kier molecular flexibility index (Phi) is 5.03. The van der Waals surface area contributed by atoms with Gasteiger partial charge in [0.25, 0.3) is 0 Å². The van der Waals surface area contributed by atoms with E-state index in [1.165, 1.54) is 24.5 Å². The van der Waals surface area contributed by atoms with Crippen LogP contribution in [0, 0.1) is 5.82 Å². The first kappa shape index (κ1) is 19.7. The smallest absolute Gasteiger partial charge is 0.247 e. The van der Waals surface area contributed by atoms with Crippen molar-refractivity contribution in [3.8, 4) is 23.1 Å². The zero-order valence-electron chi connectivity index (χ0n) is 17.0. The van der Waals surface area contributed by atoms with E-state index in [0.717, 1.165) is 11.0 Å². The number of benzene rings is 2. The largest absolute Gasteiger partial charge is 0.457 e. The van der Waals surface area contributed by atoms with E-state index >= 15 is 0 Å². The first-order chi connectivity index (χ1) is 15.6. The van der Waals surface area contributed by atoms with Crippen molar-refractivity contribution in [1.29, 1.82) is 0 Å². The van der Waals surface area contributed by atoms with Gasteiger partial charge in [-0.2, -0.15) is 4.98 Å². The molecule has 0 N–H and O–H groups in total. The van der Waals surface area contributed by atoms with Crippen molar-refractivity contribution >= 4 is 16.9 Å². The van der Waals surface area contributed by atoms with Gasteiger partial charge in [0.05, 0.1) is 11.6 Å². The average molecular weight is 430 g/mol. The lowest BCUT2D eigenvalue weighted by Gasteiger charge is -2.39. The van der Waals surface area contributed by atoms with Crippen molar-refractivity contribution in [3.63, 3.8) is 0 Å². The van der Waals surface area contributed by atoms with Gasteiger partial charge in [0, 0.05) is 19.3 Å². The molecule has 1 saturated heterocycles. The lowest BCUT2D eigenvalue weighted by atomic mass is 10.1. The summed E-state index contributed by atoms with van der Waals surface area (Å²) in [6.07, 6.45) is 4.72. The maximum Gasteiger partial charge on any atom is 0.247 e. The minimum atomic E-state index is -0.316. The highest BCUT2D eigenvalue weighted by Gasteiger charge is 2.32. The highest BCUT2D eigenvalue weighted by atomic mass is 19.1. The molecule has 160 valence electrons. The molecule has 0 saturated carbocycles. The average Bonchev–Trinajstić information content (AvgIpc) is 3.20. The van der Waals surface area contributed by atoms with Gasteiger partial charge in [-0.1, -0.05) is 6.58 Å². The van der Waals surface area contributed by atoms with Crippen molar-refractivity contribution < 1.29 is 18.7 Å². The van der Waals surface area contributed by atoms with E-state index in [1.807, 2.05) is 16.8 Å². The van der Waals surface area contributed by atoms with Crippen molar-refractivity contribution in [1.82, 2.24) is 19.4 Å². The first-order valence-corrected chi connectivity index (χ1v) is 10.0. The summed E-state index contributed by atoms with van der Waals surface area (Å²) in [5, 5.41) is 0. The highest BCUT2D eigenvalue weighted by molar-refractivity contribution is 5.88. The number of carbonyl (C=O) groups excluding carboxylic acids is 1. The monoisotopic (exact) mass is 430 g/mol. The van der Waals surface area contributed by atoms with Gasteiger partial charge in [-0.15, -0.1) is 0 Å². The molecule has 1 amide bonds. The highest BCUT2D eigenvalue weighted by Crippen LogP contribution is 2.33. The minimum absolute atomic E-state index is 0.0756. The predicted molar refractivity (Wildman–Crippen MR) is 116 cm³/mol. The summed E-state index contributed by atoms with van der Waals surface area (Å²) in [6, 6.07) is 14.9. The molecule has 0 atom stereocenters. The molecular weight excluding hydrogens is 411 g/mol. The van der Waals surface area contributed by atoms with Crippen LogP contribution in [-0.4, -0.2) is 38.4 Å². The summed E-state index contributed by atoms with van der Waals surface area (Å²) < 4.78 is 26.9. The molecule has 0 radical (unpaired) electrons. The van der Waals surface area contributed by atoms with Gasteiger partial charge >= 0.3 is 0 Å². The number of likely N-dealkylation sites (tertiary alicyclic amines) is 1. The van der Waals surface area contributed by atoms with E-state index in [2.05, 4.69) is 16.5 Å². The normalized spacial score (nSPS) is 13.6. The maximum atomic E-state index is 13.0. The Hall–Kier alpha value is -4.20. The Morgan fingerprint density at radius 3 is 2.25 bits per heavy atom. The van der Waals surface area contributed by atoms with Crippen LogP contribution >= 0.6 is 0 Å². The van der Waals surface area contributed by atoms with Crippen molar-refractivity contribution in [2.75, 3.05) is 13.1 Å². The quantitative estimate of drug-likeness (QED) is 0.414. The van der Waals surface area contributed by atoms with Gasteiger partial charge in [0.2, 0.25) is 11.8 Å². The van der Waals surface area contributed by atoms with Crippen LogP contribution in [0.5, 0.6) is 23.1 Å². The summed E-state index contributed by atoms with van der Waals surface area (Å²) in [7, 11) is 0. The van der Waals surface area contributed by atoms with Crippen LogP contribution < -0.4 is 9.47 Å². The molecule has 7 nitrogen and oxygen atoms in total. The fourth-order valence-electron chi connectivity index (χ4n) is 3.61. The summed E-state index contributed by atoms with van der Waals surface area (Å²) >= 11 is 0. The molecular formula is C24H19FN4O3. The van der Waals surface area contributed by atoms with Gasteiger partial charge < -0.3 is 18.9 Å². The zero-order valence-corrected chi connectivity index (χ0v) is 17.0. The van der Waals surface area contributed by atoms with E-state index in [1.54, 1.807) is 41.3 Å². The number of carbonyl (C=O) groups is 1. The van der Waals surface area contributed by atoms with Crippen LogP contribution in [0.25, 0.3) is 11.0 Å². The number of ether oxygens (including phenoxy) is 2. The minimum Gasteiger partial charge on any atom is -0.457 e. The SMILES string of the molecule is C=CC(=O)N1CC(n2ccc3ncnc(Oc4ccc(Oc5ccc(F)cc5)cc4)c32)C1. The van der Waals surface area contributed by atoms with Crippen LogP contribution in [0.4, 0.5) is 4.39 Å². The van der Waals surface area contributed by atoms with Crippen LogP contribution in [-0.2, 0) is 4.79 Å². The Balaban J connectivity index is 1.34. The molecule has 1 aliphatic heterocycles. The second kappa shape index (κ2) is 8.14. The predicted octanol–water partition coefficient (Wildman–Crippen LogP) is 4.72. The molecule has 8 heteroatoms.